The van der Waals surface area contributed by atoms with Crippen LogP contribution in [0.3, 0.4) is 0 Å². The number of rotatable bonds is 12. The molecular formula is C38H46N2O11. The van der Waals surface area contributed by atoms with E-state index in [0.717, 1.165) is 22.3 Å². The normalized spacial score (nSPS) is 29.4. The van der Waals surface area contributed by atoms with Crippen molar-refractivity contribution in [2.75, 3.05) is 19.8 Å². The van der Waals surface area contributed by atoms with Crippen LogP contribution in [0.15, 0.2) is 54.8 Å². The average Bonchev–Trinajstić information content (AvgIpc) is 3.76. The number of aliphatic hydroxyl groups excluding tert-OH is 2. The number of hydrogen-bond acceptors (Lipinski definition) is 12. The molecule has 3 aliphatic heterocycles. The fourth-order valence-corrected chi connectivity index (χ4v) is 8.22. The van der Waals surface area contributed by atoms with Crippen LogP contribution < -0.4 is 5.32 Å². The van der Waals surface area contributed by atoms with Gasteiger partial charge in [0.25, 0.3) is 0 Å². The van der Waals surface area contributed by atoms with E-state index in [0.29, 0.717) is 12.8 Å². The molecule has 2 aliphatic carbocycles. The van der Waals surface area contributed by atoms with Gasteiger partial charge >= 0.3 is 11.9 Å². The van der Waals surface area contributed by atoms with Crippen LogP contribution in [0.2, 0.25) is 0 Å². The summed E-state index contributed by atoms with van der Waals surface area (Å²) in [4.78, 5) is 48.0. The molecule has 0 radical (unpaired) electrons. The maximum absolute atomic E-state index is 14.7. The van der Waals surface area contributed by atoms with Crippen molar-refractivity contribution in [1.29, 1.82) is 0 Å². The van der Waals surface area contributed by atoms with Gasteiger partial charge in [0, 0.05) is 25.7 Å². The molecule has 3 saturated heterocycles. The highest BCUT2D eigenvalue weighted by Gasteiger charge is 2.76. The molecule has 0 aromatic heterocycles. The summed E-state index contributed by atoms with van der Waals surface area (Å²) in [6.45, 7) is 5.03. The van der Waals surface area contributed by atoms with Crippen molar-refractivity contribution < 1.29 is 53.1 Å². The van der Waals surface area contributed by atoms with Crippen LogP contribution in [0.4, 0.5) is 0 Å². The first-order valence-electron chi connectivity index (χ1n) is 17.6. The summed E-state index contributed by atoms with van der Waals surface area (Å²) in [6.07, 6.45) is 1.36. The number of ether oxygens (including phenoxy) is 5. The van der Waals surface area contributed by atoms with E-state index in [1.165, 1.54) is 11.3 Å². The van der Waals surface area contributed by atoms with Gasteiger partial charge in [-0.05, 0) is 55.5 Å². The summed E-state index contributed by atoms with van der Waals surface area (Å²) < 4.78 is 30.4. The molecule has 13 nitrogen and oxygen atoms in total. The van der Waals surface area contributed by atoms with E-state index in [1.54, 1.807) is 26.8 Å². The summed E-state index contributed by atoms with van der Waals surface area (Å²) in [6, 6.07) is 13.6. The predicted molar refractivity (Wildman–Crippen MR) is 180 cm³/mol. The van der Waals surface area contributed by atoms with Crippen molar-refractivity contribution in [1.82, 2.24) is 10.4 Å². The third-order valence-corrected chi connectivity index (χ3v) is 10.3. The second-order valence-corrected chi connectivity index (χ2v) is 15.0. The molecule has 0 unspecified atom stereocenters. The molecule has 1 amide bonds. The van der Waals surface area contributed by atoms with Gasteiger partial charge in [0.15, 0.2) is 11.8 Å². The summed E-state index contributed by atoms with van der Waals surface area (Å²) in [5.74, 6) is -2.55. The molecule has 274 valence electrons. The van der Waals surface area contributed by atoms with E-state index in [4.69, 9.17) is 33.6 Å². The number of aliphatic hydroxyl groups is 2. The lowest BCUT2D eigenvalue weighted by atomic mass is 9.62. The molecule has 13 heteroatoms. The van der Waals surface area contributed by atoms with Crippen LogP contribution in [0, 0.1) is 5.41 Å². The van der Waals surface area contributed by atoms with Crippen molar-refractivity contribution in [3.8, 4) is 0 Å². The quantitative estimate of drug-likeness (QED) is 0.168. The van der Waals surface area contributed by atoms with Crippen LogP contribution >= 0.6 is 0 Å². The first kappa shape index (κ1) is 35.5. The Balaban J connectivity index is 1.20. The van der Waals surface area contributed by atoms with Crippen molar-refractivity contribution in [2.24, 2.45) is 5.41 Å². The van der Waals surface area contributed by atoms with E-state index < -0.39 is 77.8 Å². The number of hydroxylamine groups is 2. The molecule has 51 heavy (non-hydrogen) atoms. The summed E-state index contributed by atoms with van der Waals surface area (Å²) in [5, 5.41) is 23.9. The summed E-state index contributed by atoms with van der Waals surface area (Å²) in [5.41, 5.74) is 1.66. The van der Waals surface area contributed by atoms with Crippen molar-refractivity contribution in [2.45, 2.75) is 107 Å². The molecule has 7 atom stereocenters. The number of carbonyl (C=O) groups excluding carboxylic acids is 3. The number of fused-ring (bicyclic) bond motifs is 5. The van der Waals surface area contributed by atoms with E-state index in [2.05, 4.69) is 5.32 Å². The highest BCUT2D eigenvalue weighted by Crippen LogP contribution is 2.58. The lowest BCUT2D eigenvalue weighted by Gasteiger charge is -2.49. The molecular weight excluding hydrogens is 660 g/mol. The van der Waals surface area contributed by atoms with Gasteiger partial charge in [-0.15, -0.1) is 0 Å². The number of amides is 1. The molecule has 2 aromatic rings. The molecule has 3 heterocycles. The third-order valence-electron chi connectivity index (χ3n) is 10.3. The van der Waals surface area contributed by atoms with E-state index >= 15 is 0 Å². The second kappa shape index (κ2) is 13.9. The first-order chi connectivity index (χ1) is 24.4. The Hall–Kier alpha value is -3.85. The van der Waals surface area contributed by atoms with E-state index in [-0.39, 0.29) is 39.0 Å². The first-order valence-corrected chi connectivity index (χ1v) is 17.6. The van der Waals surface area contributed by atoms with Gasteiger partial charge in [0.2, 0.25) is 5.91 Å². The Labute approximate surface area is 296 Å². The molecule has 3 N–H and O–H groups in total. The second-order valence-electron chi connectivity index (χ2n) is 15.0. The Morgan fingerprint density at radius 1 is 1.06 bits per heavy atom. The molecule has 5 aliphatic rings. The number of benzene rings is 2. The van der Waals surface area contributed by atoms with Crippen LogP contribution in [0.1, 0.15) is 62.3 Å². The van der Waals surface area contributed by atoms with Crippen LogP contribution in [-0.4, -0.2) is 101 Å². The zero-order valence-corrected chi connectivity index (χ0v) is 29.1. The molecule has 1 saturated carbocycles. The Kier molecular flexibility index (Phi) is 9.72. The summed E-state index contributed by atoms with van der Waals surface area (Å²) >= 11 is 0. The van der Waals surface area contributed by atoms with Gasteiger partial charge in [-0.1, -0.05) is 48.5 Å². The Morgan fingerprint density at radius 2 is 1.76 bits per heavy atom. The fourth-order valence-electron chi connectivity index (χ4n) is 8.22. The van der Waals surface area contributed by atoms with Gasteiger partial charge in [-0.2, -0.15) is 5.06 Å². The third kappa shape index (κ3) is 6.78. The monoisotopic (exact) mass is 706 g/mol. The van der Waals surface area contributed by atoms with Gasteiger partial charge < -0.3 is 39.2 Å². The summed E-state index contributed by atoms with van der Waals surface area (Å²) in [7, 11) is 0. The van der Waals surface area contributed by atoms with Crippen molar-refractivity contribution in [3.63, 3.8) is 0 Å². The molecule has 2 bridgehead atoms. The number of hydrogen-bond donors (Lipinski definition) is 3. The van der Waals surface area contributed by atoms with Crippen molar-refractivity contribution in [3.05, 3.63) is 77.0 Å². The van der Waals surface area contributed by atoms with Gasteiger partial charge in [0.05, 0.1) is 32.1 Å². The van der Waals surface area contributed by atoms with Gasteiger partial charge in [-0.25, -0.2) is 0 Å². The highest BCUT2D eigenvalue weighted by molar-refractivity contribution is 5.94. The standard InChI is InChI=1S/C38H46N2O11/c1-36(2,3)48-29(43)13-12-27(22-42)39-35(45)38-20-28-30-31(50-37(49-30)18-24-9-5-6-10-25(24)19-37)33(38)51-40(32(38)34(44)47-28)21-26-11-7-4-8-23(26)14-16-46-17-15-41/h4-11,14,16,27-28,30-33,41-42H,12-13,15,17-22H2,1-3H3,(H,39,45)/t27-,28+,30-,31-,32-,33+,38-/m0/s1. The minimum Gasteiger partial charge on any atom is -0.499 e. The molecule has 4 fully saturated rings. The molecule has 2 aromatic carbocycles. The van der Waals surface area contributed by atoms with Crippen LogP contribution in [0.25, 0.3) is 6.08 Å². The Bertz CT molecular complexity index is 1650. The van der Waals surface area contributed by atoms with Gasteiger partial charge in [-0.3, -0.25) is 19.2 Å². The largest absolute Gasteiger partial charge is 0.499 e. The lowest BCUT2D eigenvalue weighted by Crippen LogP contribution is -2.70. The topological polar surface area (TPSA) is 162 Å². The van der Waals surface area contributed by atoms with Gasteiger partial charge in [0.1, 0.15) is 42.0 Å². The SMILES string of the molecule is CC(C)(C)OC(=O)CC[C@@H](CO)NC(=O)[C@@]12C[C@H]3OC(=O)[C@@H]1N(Cc1ccccc1C=COCCO)O[C@@H]2[C@H]1OC2(Cc4ccccc4C2)O[C@H]13. The predicted octanol–water partition coefficient (Wildman–Crippen LogP) is 2.34. The Morgan fingerprint density at radius 3 is 2.47 bits per heavy atom. The van der Waals surface area contributed by atoms with E-state index in [1.807, 2.05) is 48.5 Å². The number of nitrogens with zero attached hydrogens (tertiary/aromatic N) is 1. The molecule has 1 spiro atoms. The number of esters is 2. The fraction of sp³-hybridized carbons (Fsp3) is 0.553. The minimum atomic E-state index is -1.46. The van der Waals surface area contributed by atoms with Crippen LogP contribution in [-0.2, 0) is 62.3 Å². The highest BCUT2D eigenvalue weighted by atomic mass is 16.8. The van der Waals surface area contributed by atoms with Crippen molar-refractivity contribution >= 4 is 23.9 Å². The van der Waals surface area contributed by atoms with Crippen LogP contribution in [0.5, 0.6) is 0 Å². The average molecular weight is 707 g/mol. The minimum absolute atomic E-state index is 0.0209. The lowest BCUT2D eigenvalue weighted by molar-refractivity contribution is -0.217. The zero-order chi connectivity index (χ0) is 36.0. The number of carbonyl (C=O) groups is 3. The maximum atomic E-state index is 14.7. The van der Waals surface area contributed by atoms with E-state index in [9.17, 15) is 19.5 Å². The maximum Gasteiger partial charge on any atom is 0.327 e. The number of nitrogens with one attached hydrogen (secondary N) is 1. The molecule has 7 rings (SSSR count). The smallest absolute Gasteiger partial charge is 0.327 e. The zero-order valence-electron chi connectivity index (χ0n) is 29.1.